The summed E-state index contributed by atoms with van der Waals surface area (Å²) in [5.41, 5.74) is 2.05. The number of aromatic nitrogens is 3. The van der Waals surface area contributed by atoms with Gasteiger partial charge in [-0.25, -0.2) is 9.50 Å². The van der Waals surface area contributed by atoms with Crippen molar-refractivity contribution in [3.63, 3.8) is 0 Å². The molecule has 0 aliphatic heterocycles. The Hall–Kier alpha value is -2.21. The fraction of sp³-hybridized carbons (Fsp3) is 0.353. The summed E-state index contributed by atoms with van der Waals surface area (Å²) in [6.07, 6.45) is 6.30. The van der Waals surface area contributed by atoms with E-state index in [1.54, 1.807) is 28.1 Å². The molecule has 0 bridgehead atoms. The molecular formula is C17H20N4OS. The number of fused-ring (bicyclic) bond motifs is 1. The average molecular weight is 328 g/mol. The van der Waals surface area contributed by atoms with Gasteiger partial charge in [-0.15, -0.1) is 11.3 Å². The molecule has 0 saturated carbocycles. The van der Waals surface area contributed by atoms with Crippen molar-refractivity contribution >= 4 is 22.9 Å². The molecule has 5 nitrogen and oxygen atoms in total. The summed E-state index contributed by atoms with van der Waals surface area (Å²) in [5, 5.41) is 9.39. The van der Waals surface area contributed by atoms with E-state index in [2.05, 4.69) is 22.3 Å². The lowest BCUT2D eigenvalue weighted by molar-refractivity contribution is 0.0947. The highest BCUT2D eigenvalue weighted by molar-refractivity contribution is 7.13. The molecule has 23 heavy (non-hydrogen) atoms. The van der Waals surface area contributed by atoms with Crippen molar-refractivity contribution in [2.24, 2.45) is 0 Å². The molecule has 6 heteroatoms. The maximum absolute atomic E-state index is 12.2. The van der Waals surface area contributed by atoms with Crippen LogP contribution in [0.3, 0.4) is 0 Å². The Morgan fingerprint density at radius 2 is 2.22 bits per heavy atom. The Morgan fingerprint density at radius 1 is 1.30 bits per heavy atom. The van der Waals surface area contributed by atoms with Gasteiger partial charge in [-0.05, 0) is 23.9 Å². The maximum Gasteiger partial charge on any atom is 0.271 e. The molecular weight excluding hydrogens is 308 g/mol. The van der Waals surface area contributed by atoms with Crippen LogP contribution in [0.25, 0.3) is 16.2 Å². The molecule has 0 aromatic carbocycles. The van der Waals surface area contributed by atoms with E-state index in [9.17, 15) is 4.79 Å². The van der Waals surface area contributed by atoms with Gasteiger partial charge in [0.15, 0.2) is 11.3 Å². The van der Waals surface area contributed by atoms with Crippen LogP contribution < -0.4 is 5.32 Å². The van der Waals surface area contributed by atoms with Crippen LogP contribution in [0, 0.1) is 0 Å². The van der Waals surface area contributed by atoms with Gasteiger partial charge in [0.25, 0.3) is 5.91 Å². The number of thiophene rings is 1. The van der Waals surface area contributed by atoms with Gasteiger partial charge < -0.3 is 5.32 Å². The number of unbranched alkanes of at least 4 members (excludes halogenated alkanes) is 3. The third-order valence-electron chi connectivity index (χ3n) is 3.68. The van der Waals surface area contributed by atoms with Crippen LogP contribution in [0.15, 0.2) is 35.8 Å². The number of carbonyl (C=O) groups is 1. The van der Waals surface area contributed by atoms with E-state index in [-0.39, 0.29) is 5.91 Å². The topological polar surface area (TPSA) is 59.3 Å². The van der Waals surface area contributed by atoms with Gasteiger partial charge in [-0.1, -0.05) is 32.3 Å². The molecule has 0 spiro atoms. The highest BCUT2D eigenvalue weighted by atomic mass is 32.1. The second kappa shape index (κ2) is 7.37. The molecule has 1 N–H and O–H groups in total. The maximum atomic E-state index is 12.2. The number of nitrogens with zero attached hydrogens (tertiary/aromatic N) is 3. The summed E-state index contributed by atoms with van der Waals surface area (Å²) < 4.78 is 1.73. The monoisotopic (exact) mass is 328 g/mol. The van der Waals surface area contributed by atoms with Gasteiger partial charge in [0, 0.05) is 18.8 Å². The standard InChI is InChI=1S/C17H20N4OS/c1-2-3-4-5-9-19-17(22)13-12-16-18-10-8-14(21(16)20-13)15-7-6-11-23-15/h6-8,10-12H,2-5,9H2,1H3,(H,19,22). The Kier molecular flexibility index (Phi) is 5.02. The van der Waals surface area contributed by atoms with Crippen LogP contribution >= 0.6 is 11.3 Å². The van der Waals surface area contributed by atoms with E-state index < -0.39 is 0 Å². The predicted octanol–water partition coefficient (Wildman–Crippen LogP) is 3.77. The second-order valence-corrected chi connectivity index (χ2v) is 6.37. The molecule has 3 rings (SSSR count). The van der Waals surface area contributed by atoms with E-state index in [0.29, 0.717) is 17.9 Å². The Labute approximate surface area is 139 Å². The van der Waals surface area contributed by atoms with E-state index in [1.807, 2.05) is 23.6 Å². The third kappa shape index (κ3) is 3.59. The van der Waals surface area contributed by atoms with Crippen molar-refractivity contribution in [2.45, 2.75) is 32.6 Å². The quantitative estimate of drug-likeness (QED) is 0.672. The minimum Gasteiger partial charge on any atom is -0.351 e. The lowest BCUT2D eigenvalue weighted by atomic mass is 10.2. The van der Waals surface area contributed by atoms with Crippen molar-refractivity contribution < 1.29 is 4.79 Å². The zero-order valence-electron chi connectivity index (χ0n) is 13.2. The Morgan fingerprint density at radius 3 is 3.00 bits per heavy atom. The lowest BCUT2D eigenvalue weighted by Gasteiger charge is -2.02. The molecule has 120 valence electrons. The summed E-state index contributed by atoms with van der Waals surface area (Å²) in [5.74, 6) is -0.135. The van der Waals surface area contributed by atoms with E-state index in [4.69, 9.17) is 0 Å². The molecule has 1 amide bonds. The van der Waals surface area contributed by atoms with Gasteiger partial charge in [-0.3, -0.25) is 4.79 Å². The lowest BCUT2D eigenvalue weighted by Crippen LogP contribution is -2.24. The zero-order chi connectivity index (χ0) is 16.1. The summed E-state index contributed by atoms with van der Waals surface area (Å²) in [6.45, 7) is 2.87. The summed E-state index contributed by atoms with van der Waals surface area (Å²) in [4.78, 5) is 17.6. The molecule has 0 aliphatic rings. The Bertz CT molecular complexity index is 779. The minimum absolute atomic E-state index is 0.135. The fourth-order valence-corrected chi connectivity index (χ4v) is 3.20. The van der Waals surface area contributed by atoms with Gasteiger partial charge in [0.2, 0.25) is 0 Å². The van der Waals surface area contributed by atoms with Gasteiger partial charge in [0.05, 0.1) is 10.6 Å². The molecule has 3 heterocycles. The number of hydrogen-bond donors (Lipinski definition) is 1. The summed E-state index contributed by atoms with van der Waals surface area (Å²) >= 11 is 1.64. The first-order valence-corrected chi connectivity index (χ1v) is 8.84. The van der Waals surface area contributed by atoms with Crippen LogP contribution in [0.1, 0.15) is 43.1 Å². The van der Waals surface area contributed by atoms with Crippen LogP contribution in [-0.4, -0.2) is 27.0 Å². The SMILES string of the molecule is CCCCCCNC(=O)c1cc2nccc(-c3cccs3)n2n1. The molecule has 0 unspecified atom stereocenters. The Balaban J connectivity index is 1.75. The normalized spacial score (nSPS) is 11.0. The molecule has 0 atom stereocenters. The van der Waals surface area contributed by atoms with Crippen LogP contribution in [0.5, 0.6) is 0 Å². The molecule has 0 radical (unpaired) electrons. The number of nitrogens with one attached hydrogen (secondary N) is 1. The van der Waals surface area contributed by atoms with Crippen LogP contribution in [0.2, 0.25) is 0 Å². The zero-order valence-corrected chi connectivity index (χ0v) is 14.0. The van der Waals surface area contributed by atoms with Crippen molar-refractivity contribution in [1.29, 1.82) is 0 Å². The highest BCUT2D eigenvalue weighted by Gasteiger charge is 2.13. The minimum atomic E-state index is -0.135. The molecule has 0 saturated heterocycles. The van der Waals surface area contributed by atoms with E-state index in [0.717, 1.165) is 23.4 Å². The summed E-state index contributed by atoms with van der Waals surface area (Å²) in [6, 6.07) is 7.69. The fourth-order valence-electron chi connectivity index (χ4n) is 2.46. The first-order valence-electron chi connectivity index (χ1n) is 7.96. The summed E-state index contributed by atoms with van der Waals surface area (Å²) in [7, 11) is 0. The van der Waals surface area contributed by atoms with Crippen LogP contribution in [-0.2, 0) is 0 Å². The van der Waals surface area contributed by atoms with Crippen LogP contribution in [0.4, 0.5) is 0 Å². The van der Waals surface area contributed by atoms with Crippen molar-refractivity contribution in [3.05, 3.63) is 41.5 Å². The number of rotatable bonds is 7. The second-order valence-electron chi connectivity index (χ2n) is 5.42. The van der Waals surface area contributed by atoms with Gasteiger partial charge >= 0.3 is 0 Å². The molecule has 3 aromatic heterocycles. The molecule has 0 fully saturated rings. The van der Waals surface area contributed by atoms with Gasteiger partial charge in [0.1, 0.15) is 0 Å². The predicted molar refractivity (Wildman–Crippen MR) is 92.8 cm³/mol. The smallest absolute Gasteiger partial charge is 0.271 e. The van der Waals surface area contributed by atoms with Crippen molar-refractivity contribution in [3.8, 4) is 10.6 Å². The van der Waals surface area contributed by atoms with Crippen molar-refractivity contribution in [2.75, 3.05) is 6.54 Å². The third-order valence-corrected chi connectivity index (χ3v) is 4.57. The first-order chi connectivity index (χ1) is 11.3. The largest absolute Gasteiger partial charge is 0.351 e. The van der Waals surface area contributed by atoms with Crippen molar-refractivity contribution in [1.82, 2.24) is 19.9 Å². The number of amides is 1. The number of carbonyl (C=O) groups excluding carboxylic acids is 1. The van der Waals surface area contributed by atoms with E-state index in [1.165, 1.54) is 12.8 Å². The van der Waals surface area contributed by atoms with Gasteiger partial charge in [-0.2, -0.15) is 5.10 Å². The first kappa shape index (κ1) is 15.7. The highest BCUT2D eigenvalue weighted by Crippen LogP contribution is 2.24. The molecule has 3 aromatic rings. The van der Waals surface area contributed by atoms with E-state index >= 15 is 0 Å². The average Bonchev–Trinajstić information content (AvgIpc) is 3.23. The number of hydrogen-bond acceptors (Lipinski definition) is 4. The molecule has 0 aliphatic carbocycles.